The van der Waals surface area contributed by atoms with Crippen molar-refractivity contribution in [2.45, 2.75) is 38.9 Å². The summed E-state index contributed by atoms with van der Waals surface area (Å²) in [6.45, 7) is 3.76. The van der Waals surface area contributed by atoms with Crippen LogP contribution in [0.5, 0.6) is 0 Å². The molecule has 1 fully saturated rings. The van der Waals surface area contributed by atoms with Crippen molar-refractivity contribution in [3.63, 3.8) is 0 Å². The molecule has 1 saturated carbocycles. The van der Waals surface area contributed by atoms with Crippen LogP contribution in [0.25, 0.3) is 0 Å². The summed E-state index contributed by atoms with van der Waals surface area (Å²) in [7, 11) is 2.08. The Morgan fingerprint density at radius 3 is 2.74 bits per heavy atom. The van der Waals surface area contributed by atoms with Crippen molar-refractivity contribution in [3.8, 4) is 0 Å². The van der Waals surface area contributed by atoms with Crippen LogP contribution in [0.3, 0.4) is 0 Å². The Bertz CT molecular complexity index is 544. The summed E-state index contributed by atoms with van der Waals surface area (Å²) < 4.78 is 0. The molecule has 3 rings (SSSR count). The van der Waals surface area contributed by atoms with Crippen LogP contribution in [0.1, 0.15) is 29.2 Å². The zero-order valence-electron chi connectivity index (χ0n) is 11.2. The minimum atomic E-state index is 0.737. The van der Waals surface area contributed by atoms with Gasteiger partial charge in [-0.25, -0.2) is 9.97 Å². The van der Waals surface area contributed by atoms with Gasteiger partial charge in [0, 0.05) is 30.4 Å². The van der Waals surface area contributed by atoms with E-state index in [1.54, 1.807) is 22.7 Å². The van der Waals surface area contributed by atoms with E-state index in [0.29, 0.717) is 0 Å². The Balaban J connectivity index is 1.57. The van der Waals surface area contributed by atoms with Gasteiger partial charge in [0.1, 0.15) is 0 Å². The first-order valence-corrected chi connectivity index (χ1v) is 8.26. The van der Waals surface area contributed by atoms with Crippen LogP contribution < -0.4 is 10.2 Å². The van der Waals surface area contributed by atoms with E-state index in [9.17, 15) is 0 Å². The van der Waals surface area contributed by atoms with Gasteiger partial charge < -0.3 is 10.2 Å². The highest BCUT2D eigenvalue weighted by molar-refractivity contribution is 7.13. The van der Waals surface area contributed by atoms with Crippen LogP contribution in [-0.4, -0.2) is 23.1 Å². The third-order valence-corrected chi connectivity index (χ3v) is 4.91. The van der Waals surface area contributed by atoms with Crippen LogP contribution in [-0.2, 0) is 13.1 Å². The Labute approximate surface area is 121 Å². The van der Waals surface area contributed by atoms with Gasteiger partial charge in [-0.05, 0) is 19.8 Å². The number of hydrogen-bond donors (Lipinski definition) is 1. The summed E-state index contributed by atoms with van der Waals surface area (Å²) in [5.74, 6) is 0. The standard InChI is InChI=1S/C13H18N4S2/c1-9-15-12(8-18-9)6-17(2)13-16-11(7-19-13)5-14-10-3-4-10/h7-8,10,14H,3-6H2,1-2H3. The van der Waals surface area contributed by atoms with E-state index in [2.05, 4.69) is 38.0 Å². The van der Waals surface area contributed by atoms with E-state index in [-0.39, 0.29) is 0 Å². The van der Waals surface area contributed by atoms with Gasteiger partial charge in [-0.1, -0.05) is 0 Å². The molecule has 1 N–H and O–H groups in total. The second-order valence-electron chi connectivity index (χ2n) is 4.99. The number of rotatable bonds is 6. The fraction of sp³-hybridized carbons (Fsp3) is 0.538. The number of nitrogens with zero attached hydrogens (tertiary/aromatic N) is 3. The summed E-state index contributed by atoms with van der Waals surface area (Å²) >= 11 is 3.41. The molecule has 6 heteroatoms. The third kappa shape index (κ3) is 3.52. The molecule has 0 saturated heterocycles. The second kappa shape index (κ2) is 5.56. The Morgan fingerprint density at radius 2 is 2.05 bits per heavy atom. The molecule has 2 aromatic rings. The highest BCUT2D eigenvalue weighted by Gasteiger charge is 2.20. The Hall–Kier alpha value is -0.980. The molecule has 4 nitrogen and oxygen atoms in total. The van der Waals surface area contributed by atoms with Gasteiger partial charge in [-0.2, -0.15) is 0 Å². The largest absolute Gasteiger partial charge is 0.345 e. The first-order chi connectivity index (χ1) is 9.20. The molecule has 0 aromatic carbocycles. The molecule has 0 bridgehead atoms. The molecule has 0 unspecified atom stereocenters. The highest BCUT2D eigenvalue weighted by Crippen LogP contribution is 2.23. The van der Waals surface area contributed by atoms with Gasteiger partial charge >= 0.3 is 0 Å². The molecule has 2 heterocycles. The summed E-state index contributed by atoms with van der Waals surface area (Å²) in [4.78, 5) is 11.3. The van der Waals surface area contributed by atoms with Crippen molar-refractivity contribution in [1.82, 2.24) is 15.3 Å². The molecule has 0 atom stereocenters. The molecule has 19 heavy (non-hydrogen) atoms. The minimum absolute atomic E-state index is 0.737. The fourth-order valence-electron chi connectivity index (χ4n) is 1.88. The average molecular weight is 294 g/mol. The lowest BCUT2D eigenvalue weighted by Gasteiger charge is -2.13. The van der Waals surface area contributed by atoms with Crippen molar-refractivity contribution >= 4 is 27.8 Å². The maximum absolute atomic E-state index is 4.67. The van der Waals surface area contributed by atoms with Crippen LogP contribution in [0.15, 0.2) is 10.8 Å². The highest BCUT2D eigenvalue weighted by atomic mass is 32.1. The maximum atomic E-state index is 4.67. The number of aryl methyl sites for hydroxylation is 1. The molecular weight excluding hydrogens is 276 g/mol. The van der Waals surface area contributed by atoms with Gasteiger partial charge in [0.05, 0.1) is 22.9 Å². The van der Waals surface area contributed by atoms with Gasteiger partial charge in [-0.15, -0.1) is 22.7 Å². The predicted molar refractivity (Wildman–Crippen MR) is 80.9 cm³/mol. The van der Waals surface area contributed by atoms with Crippen molar-refractivity contribution in [1.29, 1.82) is 0 Å². The molecular formula is C13H18N4S2. The van der Waals surface area contributed by atoms with Crippen molar-refractivity contribution in [2.75, 3.05) is 11.9 Å². The first kappa shape index (κ1) is 13.0. The zero-order chi connectivity index (χ0) is 13.2. The van der Waals surface area contributed by atoms with Crippen molar-refractivity contribution in [3.05, 3.63) is 27.2 Å². The van der Waals surface area contributed by atoms with Gasteiger partial charge in [0.25, 0.3) is 0 Å². The summed E-state index contributed by atoms with van der Waals surface area (Å²) in [5.41, 5.74) is 2.27. The lowest BCUT2D eigenvalue weighted by Crippen LogP contribution is -2.18. The minimum Gasteiger partial charge on any atom is -0.345 e. The lowest BCUT2D eigenvalue weighted by molar-refractivity contribution is 0.676. The van der Waals surface area contributed by atoms with E-state index in [4.69, 9.17) is 0 Å². The molecule has 1 aliphatic rings. The average Bonchev–Trinajstić information content (AvgIpc) is 2.94. The molecule has 0 spiro atoms. The SMILES string of the molecule is Cc1nc(CN(C)c2nc(CNC3CC3)cs2)cs1. The van der Waals surface area contributed by atoms with Crippen LogP contribution in [0.2, 0.25) is 0 Å². The zero-order valence-corrected chi connectivity index (χ0v) is 12.9. The Kier molecular flexibility index (Phi) is 3.81. The van der Waals surface area contributed by atoms with Crippen LogP contribution in [0.4, 0.5) is 5.13 Å². The van der Waals surface area contributed by atoms with Crippen LogP contribution in [0, 0.1) is 6.92 Å². The monoisotopic (exact) mass is 294 g/mol. The number of nitrogens with one attached hydrogen (secondary N) is 1. The third-order valence-electron chi connectivity index (χ3n) is 3.08. The fourth-order valence-corrected chi connectivity index (χ4v) is 3.28. The summed E-state index contributed by atoms with van der Waals surface area (Å²) in [6.07, 6.45) is 2.64. The molecule has 1 aliphatic carbocycles. The van der Waals surface area contributed by atoms with Gasteiger partial charge in [0.2, 0.25) is 0 Å². The second-order valence-corrected chi connectivity index (χ2v) is 6.89. The summed E-state index contributed by atoms with van der Waals surface area (Å²) in [5, 5.41) is 9.95. The van der Waals surface area contributed by atoms with E-state index in [0.717, 1.165) is 40.7 Å². The number of thiazole rings is 2. The molecule has 0 amide bonds. The molecule has 102 valence electrons. The van der Waals surface area contributed by atoms with Crippen LogP contribution >= 0.6 is 22.7 Å². The van der Waals surface area contributed by atoms with Crippen molar-refractivity contribution < 1.29 is 0 Å². The van der Waals surface area contributed by atoms with Gasteiger partial charge in [0.15, 0.2) is 5.13 Å². The smallest absolute Gasteiger partial charge is 0.185 e. The first-order valence-electron chi connectivity index (χ1n) is 6.50. The maximum Gasteiger partial charge on any atom is 0.185 e. The normalized spacial score (nSPS) is 14.8. The topological polar surface area (TPSA) is 41.1 Å². The molecule has 0 aliphatic heterocycles. The molecule has 2 aromatic heterocycles. The van der Waals surface area contributed by atoms with E-state index in [1.807, 2.05) is 6.92 Å². The van der Waals surface area contributed by atoms with Gasteiger partial charge in [-0.3, -0.25) is 0 Å². The van der Waals surface area contributed by atoms with Crippen molar-refractivity contribution in [2.24, 2.45) is 0 Å². The Morgan fingerprint density at radius 1 is 1.26 bits per heavy atom. The quantitative estimate of drug-likeness (QED) is 0.889. The summed E-state index contributed by atoms with van der Waals surface area (Å²) in [6, 6.07) is 0.737. The predicted octanol–water partition coefficient (Wildman–Crippen LogP) is 2.80. The van der Waals surface area contributed by atoms with E-state index >= 15 is 0 Å². The number of anilines is 1. The number of aromatic nitrogens is 2. The molecule has 0 radical (unpaired) electrons. The van der Waals surface area contributed by atoms with E-state index in [1.165, 1.54) is 12.8 Å². The van der Waals surface area contributed by atoms with E-state index < -0.39 is 0 Å². The number of hydrogen-bond acceptors (Lipinski definition) is 6. The lowest BCUT2D eigenvalue weighted by atomic mass is 10.4.